The summed E-state index contributed by atoms with van der Waals surface area (Å²) in [5.74, 6) is 1.70. The molecule has 1 aliphatic heterocycles. The van der Waals surface area contributed by atoms with E-state index in [0.717, 1.165) is 17.1 Å². The van der Waals surface area contributed by atoms with Crippen molar-refractivity contribution in [2.75, 3.05) is 19.5 Å². The van der Waals surface area contributed by atoms with Gasteiger partial charge in [0.15, 0.2) is 11.5 Å². The Bertz CT molecular complexity index is 385. The van der Waals surface area contributed by atoms with Gasteiger partial charge in [0.05, 0.1) is 0 Å². The predicted octanol–water partition coefficient (Wildman–Crippen LogP) is 3.18. The molecule has 0 fully saturated rings. The molecule has 0 N–H and O–H groups in total. The lowest BCUT2D eigenvalue weighted by Crippen LogP contribution is -2.15. The Morgan fingerprint density at radius 1 is 1.27 bits per heavy atom. The molecule has 2 nitrogen and oxygen atoms in total. The van der Waals surface area contributed by atoms with Crippen LogP contribution >= 0.6 is 11.8 Å². The average molecular weight is 222 g/mol. The van der Waals surface area contributed by atoms with Crippen molar-refractivity contribution >= 4 is 17.8 Å². The number of benzene rings is 1. The number of ether oxygens (including phenoxy) is 2. The molecule has 1 aromatic carbocycles. The van der Waals surface area contributed by atoms with E-state index < -0.39 is 0 Å². The lowest BCUT2D eigenvalue weighted by Gasteiger charge is -2.18. The van der Waals surface area contributed by atoms with Crippen molar-refractivity contribution < 1.29 is 9.47 Å². The van der Waals surface area contributed by atoms with Crippen molar-refractivity contribution in [2.24, 2.45) is 0 Å². The minimum atomic E-state index is 0.641. The molecule has 15 heavy (non-hydrogen) atoms. The smallest absolute Gasteiger partial charge is 0.161 e. The summed E-state index contributed by atoms with van der Waals surface area (Å²) in [7, 11) is 0. The molecule has 0 atom stereocenters. The summed E-state index contributed by atoms with van der Waals surface area (Å²) in [6, 6.07) is 6.04. The highest BCUT2D eigenvalue weighted by molar-refractivity contribution is 8.02. The summed E-state index contributed by atoms with van der Waals surface area (Å²) in [6.45, 7) is 3.38. The third-order valence-corrected chi connectivity index (χ3v) is 3.02. The van der Waals surface area contributed by atoms with Crippen LogP contribution in [0, 0.1) is 0 Å². The van der Waals surface area contributed by atoms with Crippen molar-refractivity contribution in [3.63, 3.8) is 0 Å². The minimum Gasteiger partial charge on any atom is -0.486 e. The predicted molar refractivity (Wildman–Crippen MR) is 64.6 cm³/mol. The molecule has 0 amide bonds. The Kier molecular flexibility index (Phi) is 3.21. The topological polar surface area (TPSA) is 18.5 Å². The third-order valence-electron chi connectivity index (χ3n) is 2.26. The maximum Gasteiger partial charge on any atom is 0.161 e. The molecule has 0 radical (unpaired) electrons. The van der Waals surface area contributed by atoms with Gasteiger partial charge in [-0.05, 0) is 41.9 Å². The van der Waals surface area contributed by atoms with Crippen molar-refractivity contribution in [1.29, 1.82) is 0 Å². The Balaban J connectivity index is 2.28. The van der Waals surface area contributed by atoms with Gasteiger partial charge in [-0.1, -0.05) is 6.07 Å². The van der Waals surface area contributed by atoms with Crippen molar-refractivity contribution in [3.8, 4) is 11.5 Å². The lowest BCUT2D eigenvalue weighted by molar-refractivity contribution is 0.171. The van der Waals surface area contributed by atoms with E-state index in [1.165, 1.54) is 4.91 Å². The fourth-order valence-corrected chi connectivity index (χ4v) is 1.70. The summed E-state index contributed by atoms with van der Waals surface area (Å²) in [4.78, 5) is 1.28. The van der Waals surface area contributed by atoms with E-state index in [-0.39, 0.29) is 0 Å². The molecule has 0 unspecified atom stereocenters. The second kappa shape index (κ2) is 4.62. The number of rotatable bonds is 2. The first kappa shape index (κ1) is 10.4. The number of hydrogen-bond acceptors (Lipinski definition) is 3. The van der Waals surface area contributed by atoms with Crippen LogP contribution in [0.4, 0.5) is 0 Å². The number of hydrogen-bond donors (Lipinski definition) is 0. The first-order valence-corrected chi connectivity index (χ1v) is 6.14. The average Bonchev–Trinajstić information content (AvgIpc) is 2.29. The number of allylic oxidation sites excluding steroid dienone is 1. The monoisotopic (exact) mass is 222 g/mol. The number of thioether (sulfide) groups is 1. The van der Waals surface area contributed by atoms with Gasteiger partial charge in [0.25, 0.3) is 0 Å². The highest BCUT2D eigenvalue weighted by atomic mass is 32.2. The van der Waals surface area contributed by atoms with Crippen LogP contribution in [0.15, 0.2) is 23.1 Å². The van der Waals surface area contributed by atoms with E-state index in [4.69, 9.17) is 9.47 Å². The van der Waals surface area contributed by atoms with Crippen molar-refractivity contribution in [2.45, 2.75) is 6.92 Å². The number of fused-ring (bicyclic) bond motifs is 1. The Morgan fingerprint density at radius 3 is 2.73 bits per heavy atom. The van der Waals surface area contributed by atoms with Gasteiger partial charge in [0.2, 0.25) is 0 Å². The van der Waals surface area contributed by atoms with Crippen LogP contribution in [0.1, 0.15) is 12.5 Å². The SMILES string of the molecule is CS/C(C)=C\c1ccc2c(c1)OCCO2. The molecule has 1 aromatic rings. The van der Waals surface area contributed by atoms with Gasteiger partial charge < -0.3 is 9.47 Å². The van der Waals surface area contributed by atoms with Crippen LogP contribution in [0.5, 0.6) is 11.5 Å². The molecule has 0 bridgehead atoms. The summed E-state index contributed by atoms with van der Waals surface area (Å²) in [6.07, 6.45) is 4.22. The van der Waals surface area contributed by atoms with Crippen LogP contribution in [-0.2, 0) is 0 Å². The fraction of sp³-hybridized carbons (Fsp3) is 0.333. The van der Waals surface area contributed by atoms with Gasteiger partial charge in [-0.2, -0.15) is 0 Å². The van der Waals surface area contributed by atoms with E-state index in [0.29, 0.717) is 13.2 Å². The van der Waals surface area contributed by atoms with Crippen LogP contribution in [0.25, 0.3) is 6.08 Å². The van der Waals surface area contributed by atoms with Crippen molar-refractivity contribution in [1.82, 2.24) is 0 Å². The van der Waals surface area contributed by atoms with Crippen LogP contribution in [0.2, 0.25) is 0 Å². The molecule has 2 rings (SSSR count). The molecule has 0 saturated carbocycles. The molecule has 1 aliphatic rings. The zero-order valence-electron chi connectivity index (χ0n) is 8.95. The van der Waals surface area contributed by atoms with Gasteiger partial charge >= 0.3 is 0 Å². The molecule has 1 heterocycles. The first-order chi connectivity index (χ1) is 7.29. The molecule has 80 valence electrons. The summed E-state index contributed by atoms with van der Waals surface area (Å²) in [5.41, 5.74) is 1.16. The zero-order valence-corrected chi connectivity index (χ0v) is 9.76. The van der Waals surface area contributed by atoms with Gasteiger partial charge in [0, 0.05) is 0 Å². The minimum absolute atomic E-state index is 0.641. The Hall–Kier alpha value is -1.09. The van der Waals surface area contributed by atoms with E-state index in [9.17, 15) is 0 Å². The van der Waals surface area contributed by atoms with Crippen LogP contribution in [0.3, 0.4) is 0 Å². The largest absolute Gasteiger partial charge is 0.486 e. The second-order valence-electron chi connectivity index (χ2n) is 3.36. The molecule has 0 saturated heterocycles. The Labute approximate surface area is 94.3 Å². The molecular formula is C12H14O2S. The molecule has 3 heteroatoms. The summed E-state index contributed by atoms with van der Waals surface area (Å²) in [5, 5.41) is 0. The van der Waals surface area contributed by atoms with Crippen LogP contribution in [-0.4, -0.2) is 19.5 Å². The molecule has 0 aromatic heterocycles. The second-order valence-corrected chi connectivity index (χ2v) is 4.41. The lowest BCUT2D eigenvalue weighted by atomic mass is 10.2. The fourth-order valence-electron chi connectivity index (χ4n) is 1.44. The summed E-state index contributed by atoms with van der Waals surface area (Å²) >= 11 is 1.75. The summed E-state index contributed by atoms with van der Waals surface area (Å²) < 4.78 is 11.0. The third kappa shape index (κ3) is 2.48. The molecule has 0 aliphatic carbocycles. The molecule has 0 spiro atoms. The van der Waals surface area contributed by atoms with Gasteiger partial charge in [0.1, 0.15) is 13.2 Å². The van der Waals surface area contributed by atoms with Gasteiger partial charge in [-0.3, -0.25) is 0 Å². The normalized spacial score (nSPS) is 15.2. The zero-order chi connectivity index (χ0) is 10.7. The van der Waals surface area contributed by atoms with Gasteiger partial charge in [-0.25, -0.2) is 0 Å². The molecular weight excluding hydrogens is 208 g/mol. The maximum atomic E-state index is 5.52. The van der Waals surface area contributed by atoms with Gasteiger partial charge in [-0.15, -0.1) is 11.8 Å². The van der Waals surface area contributed by atoms with E-state index in [2.05, 4.69) is 19.3 Å². The van der Waals surface area contributed by atoms with Crippen LogP contribution < -0.4 is 9.47 Å². The Morgan fingerprint density at radius 2 is 2.00 bits per heavy atom. The van der Waals surface area contributed by atoms with Crippen molar-refractivity contribution in [3.05, 3.63) is 28.7 Å². The highest BCUT2D eigenvalue weighted by Gasteiger charge is 2.10. The first-order valence-electron chi connectivity index (χ1n) is 4.91. The standard InChI is InChI=1S/C12H14O2S/c1-9(15-2)7-10-3-4-11-12(8-10)14-6-5-13-11/h3-4,7-8H,5-6H2,1-2H3/b9-7-. The maximum absolute atomic E-state index is 5.52. The van der Waals surface area contributed by atoms with E-state index >= 15 is 0 Å². The highest BCUT2D eigenvalue weighted by Crippen LogP contribution is 2.31. The quantitative estimate of drug-likeness (QED) is 0.765. The van der Waals surface area contributed by atoms with E-state index in [1.54, 1.807) is 11.8 Å². The van der Waals surface area contributed by atoms with E-state index in [1.807, 2.05) is 18.2 Å².